The summed E-state index contributed by atoms with van der Waals surface area (Å²) in [7, 11) is -2.22. The Bertz CT molecular complexity index is 834. The summed E-state index contributed by atoms with van der Waals surface area (Å²) in [5.74, 6) is -0.177. The molecule has 0 aromatic heterocycles. The van der Waals surface area contributed by atoms with E-state index in [2.05, 4.69) is 5.32 Å². The lowest BCUT2D eigenvalue weighted by Gasteiger charge is -2.20. The molecular weight excluding hydrogens is 360 g/mol. The molecule has 0 fully saturated rings. The molecule has 0 unspecified atom stereocenters. The molecule has 1 amide bonds. The average Bonchev–Trinajstić information content (AvgIpc) is 2.61. The van der Waals surface area contributed by atoms with Gasteiger partial charge in [-0.3, -0.25) is 9.10 Å². The Morgan fingerprint density at radius 3 is 2.20 bits per heavy atom. The molecule has 5 nitrogen and oxygen atoms in total. The van der Waals surface area contributed by atoms with Gasteiger partial charge in [0.05, 0.1) is 10.6 Å². The van der Waals surface area contributed by atoms with Crippen molar-refractivity contribution in [3.8, 4) is 0 Å². The maximum atomic E-state index is 12.7. The Labute approximate surface area is 153 Å². The Morgan fingerprint density at radius 2 is 1.68 bits per heavy atom. The molecule has 0 heterocycles. The maximum Gasteiger partial charge on any atom is 0.264 e. The van der Waals surface area contributed by atoms with Gasteiger partial charge in [-0.25, -0.2) is 8.42 Å². The van der Waals surface area contributed by atoms with Gasteiger partial charge in [-0.05, 0) is 61.9 Å². The zero-order chi connectivity index (χ0) is 18.6. The normalized spacial score (nSPS) is 12.5. The summed E-state index contributed by atoms with van der Waals surface area (Å²) in [6, 6.07) is 12.5. The molecule has 0 saturated heterocycles. The van der Waals surface area contributed by atoms with E-state index in [1.165, 1.54) is 35.6 Å². The van der Waals surface area contributed by atoms with Crippen LogP contribution in [-0.2, 0) is 10.0 Å². The van der Waals surface area contributed by atoms with Crippen molar-refractivity contribution in [1.82, 2.24) is 5.32 Å². The highest BCUT2D eigenvalue weighted by molar-refractivity contribution is 7.92. The quantitative estimate of drug-likeness (QED) is 0.831. The number of hydrogen-bond acceptors (Lipinski definition) is 3. The van der Waals surface area contributed by atoms with E-state index < -0.39 is 10.0 Å². The van der Waals surface area contributed by atoms with Crippen molar-refractivity contribution < 1.29 is 13.2 Å². The monoisotopic (exact) mass is 380 g/mol. The van der Waals surface area contributed by atoms with Gasteiger partial charge in [0.25, 0.3) is 15.9 Å². The fourth-order valence-corrected chi connectivity index (χ4v) is 3.46. The third-order valence-corrected chi connectivity index (χ3v) is 6.01. The summed E-state index contributed by atoms with van der Waals surface area (Å²) in [5.41, 5.74) is 0.955. The number of benzene rings is 2. The van der Waals surface area contributed by atoms with E-state index in [4.69, 9.17) is 11.6 Å². The van der Waals surface area contributed by atoms with Crippen LogP contribution in [0.4, 0.5) is 5.69 Å². The van der Waals surface area contributed by atoms with Gasteiger partial charge in [0, 0.05) is 23.7 Å². The molecule has 0 aliphatic heterocycles. The van der Waals surface area contributed by atoms with Crippen molar-refractivity contribution in [2.75, 3.05) is 11.4 Å². The fraction of sp³-hybridized carbons (Fsp3) is 0.278. The van der Waals surface area contributed by atoms with Crippen molar-refractivity contribution in [2.45, 2.75) is 31.2 Å². The Morgan fingerprint density at radius 1 is 1.12 bits per heavy atom. The highest BCUT2D eigenvalue weighted by Gasteiger charge is 2.21. The summed E-state index contributed by atoms with van der Waals surface area (Å²) in [6.45, 7) is 3.92. The first-order chi connectivity index (χ1) is 11.8. The minimum Gasteiger partial charge on any atom is -0.350 e. The van der Waals surface area contributed by atoms with Crippen molar-refractivity contribution in [3.63, 3.8) is 0 Å². The fourth-order valence-electron chi connectivity index (χ4n) is 2.14. The lowest BCUT2D eigenvalue weighted by atomic mass is 10.1. The highest BCUT2D eigenvalue weighted by atomic mass is 35.5. The van der Waals surface area contributed by atoms with Crippen molar-refractivity contribution in [1.29, 1.82) is 0 Å². The van der Waals surface area contributed by atoms with Crippen LogP contribution in [0, 0.1) is 0 Å². The van der Waals surface area contributed by atoms with Crippen molar-refractivity contribution >= 4 is 33.2 Å². The van der Waals surface area contributed by atoms with Gasteiger partial charge in [-0.1, -0.05) is 18.5 Å². The Kier molecular flexibility index (Phi) is 6.08. The number of rotatable bonds is 6. The molecule has 134 valence electrons. The average molecular weight is 381 g/mol. The SMILES string of the molecule is CC[C@@H](C)NC(=O)c1ccc(N(C)S(=O)(=O)c2ccc(Cl)cc2)cc1. The Hall–Kier alpha value is -2.05. The number of hydrogen-bond donors (Lipinski definition) is 1. The first-order valence-corrected chi connectivity index (χ1v) is 9.73. The minimum atomic E-state index is -3.69. The molecule has 2 rings (SSSR count). The van der Waals surface area contributed by atoms with E-state index in [-0.39, 0.29) is 16.8 Å². The van der Waals surface area contributed by atoms with Crippen LogP contribution < -0.4 is 9.62 Å². The van der Waals surface area contributed by atoms with Gasteiger partial charge in [0.15, 0.2) is 0 Å². The largest absolute Gasteiger partial charge is 0.350 e. The third kappa shape index (κ3) is 4.52. The predicted octanol–water partition coefficient (Wildman–Crippen LogP) is 3.69. The van der Waals surface area contributed by atoms with E-state index >= 15 is 0 Å². The summed E-state index contributed by atoms with van der Waals surface area (Å²) in [6.07, 6.45) is 0.839. The molecule has 0 bridgehead atoms. The molecule has 0 aliphatic rings. The second-order valence-corrected chi connectivity index (χ2v) is 8.16. The molecule has 2 aromatic carbocycles. The molecule has 25 heavy (non-hydrogen) atoms. The number of nitrogens with zero attached hydrogens (tertiary/aromatic N) is 1. The number of sulfonamides is 1. The van der Waals surface area contributed by atoms with Crippen molar-refractivity contribution in [3.05, 3.63) is 59.1 Å². The summed E-state index contributed by atoms with van der Waals surface area (Å²) in [4.78, 5) is 12.2. The van der Waals surface area contributed by atoms with Crippen LogP contribution in [-0.4, -0.2) is 27.4 Å². The first-order valence-electron chi connectivity index (χ1n) is 7.91. The topological polar surface area (TPSA) is 66.5 Å². The van der Waals surface area contributed by atoms with E-state index in [0.29, 0.717) is 16.3 Å². The van der Waals surface area contributed by atoms with Gasteiger partial charge >= 0.3 is 0 Å². The van der Waals surface area contributed by atoms with Crippen LogP contribution >= 0.6 is 11.6 Å². The zero-order valence-corrected chi connectivity index (χ0v) is 15.9. The van der Waals surface area contributed by atoms with E-state index in [1.54, 1.807) is 24.3 Å². The standard InChI is InChI=1S/C18H21ClN2O3S/c1-4-13(2)20-18(22)14-5-9-16(10-6-14)21(3)25(23,24)17-11-7-15(19)8-12-17/h5-13H,4H2,1-3H3,(H,20,22)/t13-/m1/s1. The van der Waals surface area contributed by atoms with Crippen LogP contribution in [0.5, 0.6) is 0 Å². The molecule has 0 radical (unpaired) electrons. The second-order valence-electron chi connectivity index (χ2n) is 5.76. The molecule has 2 aromatic rings. The number of anilines is 1. The first kappa shape index (κ1) is 19.3. The molecule has 0 saturated carbocycles. The molecule has 7 heteroatoms. The molecule has 0 aliphatic carbocycles. The summed E-state index contributed by atoms with van der Waals surface area (Å²) < 4.78 is 26.5. The Balaban J connectivity index is 2.21. The molecule has 1 N–H and O–H groups in total. The van der Waals surface area contributed by atoms with Gasteiger partial charge in [0.1, 0.15) is 0 Å². The smallest absolute Gasteiger partial charge is 0.264 e. The lowest BCUT2D eigenvalue weighted by Crippen LogP contribution is -2.32. The number of carbonyl (C=O) groups is 1. The van der Waals surface area contributed by atoms with Gasteiger partial charge in [0.2, 0.25) is 0 Å². The highest BCUT2D eigenvalue weighted by Crippen LogP contribution is 2.23. The number of nitrogens with one attached hydrogen (secondary N) is 1. The third-order valence-electron chi connectivity index (χ3n) is 3.96. The second kappa shape index (κ2) is 7.89. The van der Waals surface area contributed by atoms with E-state index in [1.807, 2.05) is 13.8 Å². The summed E-state index contributed by atoms with van der Waals surface area (Å²) in [5, 5.41) is 3.34. The van der Waals surface area contributed by atoms with E-state index in [0.717, 1.165) is 6.42 Å². The van der Waals surface area contributed by atoms with Gasteiger partial charge in [-0.15, -0.1) is 0 Å². The maximum absolute atomic E-state index is 12.7. The van der Waals surface area contributed by atoms with Crippen molar-refractivity contribution in [2.24, 2.45) is 0 Å². The van der Waals surface area contributed by atoms with Crippen LogP contribution in [0.25, 0.3) is 0 Å². The minimum absolute atomic E-state index is 0.0835. The van der Waals surface area contributed by atoms with Gasteiger partial charge in [-0.2, -0.15) is 0 Å². The van der Waals surface area contributed by atoms with Crippen LogP contribution in [0.3, 0.4) is 0 Å². The molecular formula is C18H21ClN2O3S. The number of carbonyl (C=O) groups excluding carboxylic acids is 1. The zero-order valence-electron chi connectivity index (χ0n) is 14.4. The lowest BCUT2D eigenvalue weighted by molar-refractivity contribution is 0.0939. The number of amides is 1. The van der Waals surface area contributed by atoms with Crippen LogP contribution in [0.2, 0.25) is 5.02 Å². The van der Waals surface area contributed by atoms with Crippen LogP contribution in [0.15, 0.2) is 53.4 Å². The number of halogens is 1. The molecule has 1 atom stereocenters. The van der Waals surface area contributed by atoms with Crippen LogP contribution in [0.1, 0.15) is 30.6 Å². The predicted molar refractivity (Wildman–Crippen MR) is 101 cm³/mol. The van der Waals surface area contributed by atoms with E-state index in [9.17, 15) is 13.2 Å². The van der Waals surface area contributed by atoms with Gasteiger partial charge < -0.3 is 5.32 Å². The molecule has 0 spiro atoms. The summed E-state index contributed by atoms with van der Waals surface area (Å²) >= 11 is 5.81.